The summed E-state index contributed by atoms with van der Waals surface area (Å²) in [5.41, 5.74) is 9.02. The highest BCUT2D eigenvalue weighted by molar-refractivity contribution is 5.41. The van der Waals surface area contributed by atoms with Crippen LogP contribution in [0.5, 0.6) is 5.75 Å². The Morgan fingerprint density at radius 1 is 1.29 bits per heavy atom. The molecule has 92 valence electrons. The second-order valence-electron chi connectivity index (χ2n) is 5.57. The second kappa shape index (κ2) is 4.34. The zero-order valence-electron chi connectivity index (χ0n) is 10.5. The average molecular weight is 231 g/mol. The number of hydrogen-bond donors (Lipinski definition) is 1. The lowest BCUT2D eigenvalue weighted by Crippen LogP contribution is -2.19. The first-order valence-electron chi connectivity index (χ1n) is 6.79. The summed E-state index contributed by atoms with van der Waals surface area (Å²) in [7, 11) is 0. The summed E-state index contributed by atoms with van der Waals surface area (Å²) in [5, 5.41) is 0. The highest BCUT2D eigenvalue weighted by atomic mass is 16.5. The lowest BCUT2D eigenvalue weighted by atomic mass is 9.91. The fourth-order valence-electron chi connectivity index (χ4n) is 3.24. The molecule has 2 heteroatoms. The molecule has 0 saturated heterocycles. The van der Waals surface area contributed by atoms with Gasteiger partial charge in [0.2, 0.25) is 0 Å². The van der Waals surface area contributed by atoms with Crippen LogP contribution in [0.25, 0.3) is 0 Å². The van der Waals surface area contributed by atoms with Gasteiger partial charge < -0.3 is 10.5 Å². The van der Waals surface area contributed by atoms with E-state index >= 15 is 0 Å². The van der Waals surface area contributed by atoms with Gasteiger partial charge >= 0.3 is 0 Å². The molecule has 0 radical (unpaired) electrons. The van der Waals surface area contributed by atoms with E-state index in [0.717, 1.165) is 12.2 Å². The highest BCUT2D eigenvalue weighted by Crippen LogP contribution is 2.37. The maximum Gasteiger partial charge on any atom is 0.123 e. The Bertz CT molecular complexity index is 409. The smallest absolute Gasteiger partial charge is 0.123 e. The van der Waals surface area contributed by atoms with Crippen molar-refractivity contribution >= 4 is 0 Å². The van der Waals surface area contributed by atoms with Crippen molar-refractivity contribution in [1.29, 1.82) is 0 Å². The molecule has 0 aromatic heterocycles. The first-order valence-corrected chi connectivity index (χ1v) is 6.79. The van der Waals surface area contributed by atoms with Crippen LogP contribution in [-0.4, -0.2) is 6.10 Å². The van der Waals surface area contributed by atoms with Gasteiger partial charge in [-0.2, -0.15) is 0 Å². The predicted octanol–water partition coefficient (Wildman–Crippen LogP) is 3.20. The molecule has 0 spiro atoms. The van der Waals surface area contributed by atoms with Crippen LogP contribution in [-0.2, 0) is 6.42 Å². The fourth-order valence-corrected chi connectivity index (χ4v) is 3.24. The molecule has 2 N–H and O–H groups in total. The zero-order valence-corrected chi connectivity index (χ0v) is 10.5. The van der Waals surface area contributed by atoms with Crippen LogP contribution in [0, 0.1) is 5.92 Å². The molecule has 1 saturated carbocycles. The van der Waals surface area contributed by atoms with E-state index in [9.17, 15) is 0 Å². The molecule has 2 atom stereocenters. The van der Waals surface area contributed by atoms with Gasteiger partial charge in [0, 0.05) is 12.5 Å². The third-order valence-electron chi connectivity index (χ3n) is 4.21. The van der Waals surface area contributed by atoms with Crippen LogP contribution >= 0.6 is 0 Å². The van der Waals surface area contributed by atoms with Crippen molar-refractivity contribution in [2.24, 2.45) is 11.7 Å². The Balaban J connectivity index is 1.82. The normalized spacial score (nSPS) is 25.6. The van der Waals surface area contributed by atoms with Crippen LogP contribution in [0.15, 0.2) is 18.2 Å². The number of nitrogens with two attached hydrogens (primary N) is 1. The monoisotopic (exact) mass is 231 g/mol. The molecule has 2 nitrogen and oxygen atoms in total. The Morgan fingerprint density at radius 3 is 2.82 bits per heavy atom. The lowest BCUT2D eigenvalue weighted by molar-refractivity contribution is 0.254. The van der Waals surface area contributed by atoms with Gasteiger partial charge in [-0.1, -0.05) is 25.0 Å². The molecule has 1 aromatic carbocycles. The molecule has 2 unspecified atom stereocenters. The van der Waals surface area contributed by atoms with E-state index in [1.165, 1.54) is 36.8 Å². The summed E-state index contributed by atoms with van der Waals surface area (Å²) in [6.45, 7) is 2.12. The zero-order chi connectivity index (χ0) is 11.8. The summed E-state index contributed by atoms with van der Waals surface area (Å²) >= 11 is 0. The molecule has 1 aromatic rings. The largest absolute Gasteiger partial charge is 0.490 e. The molecule has 3 rings (SSSR count). The Kier molecular flexibility index (Phi) is 2.83. The first kappa shape index (κ1) is 11.1. The van der Waals surface area contributed by atoms with Crippen LogP contribution < -0.4 is 10.5 Å². The van der Waals surface area contributed by atoms with Gasteiger partial charge in [-0.15, -0.1) is 0 Å². The van der Waals surface area contributed by atoms with E-state index in [2.05, 4.69) is 25.1 Å². The van der Waals surface area contributed by atoms with E-state index in [-0.39, 0.29) is 6.04 Å². The van der Waals surface area contributed by atoms with Crippen molar-refractivity contribution in [3.8, 4) is 5.75 Å². The fraction of sp³-hybridized carbons (Fsp3) is 0.600. The Morgan fingerprint density at radius 2 is 2.06 bits per heavy atom. The van der Waals surface area contributed by atoms with E-state index in [1.54, 1.807) is 0 Å². The van der Waals surface area contributed by atoms with Gasteiger partial charge in [-0.3, -0.25) is 0 Å². The topological polar surface area (TPSA) is 35.2 Å². The maximum atomic E-state index is 6.39. The third kappa shape index (κ3) is 2.06. The van der Waals surface area contributed by atoms with E-state index in [0.29, 0.717) is 12.0 Å². The molecule has 17 heavy (non-hydrogen) atoms. The van der Waals surface area contributed by atoms with Crippen LogP contribution in [0.3, 0.4) is 0 Å². The molecule has 1 aliphatic carbocycles. The Labute approximate surface area is 103 Å². The van der Waals surface area contributed by atoms with Gasteiger partial charge in [0.15, 0.2) is 0 Å². The van der Waals surface area contributed by atoms with Crippen molar-refractivity contribution in [2.45, 2.75) is 51.2 Å². The first-order chi connectivity index (χ1) is 8.24. The predicted molar refractivity (Wildman–Crippen MR) is 69.1 cm³/mol. The maximum absolute atomic E-state index is 6.39. The van der Waals surface area contributed by atoms with Crippen molar-refractivity contribution < 1.29 is 4.74 Å². The average Bonchev–Trinajstić information content (AvgIpc) is 2.94. The standard InChI is InChI=1S/C15H21NO/c1-10-8-13-9-12(6-7-14(13)17-10)15(16)11-4-2-3-5-11/h6-7,9-11,15H,2-5,8,16H2,1H3. The van der Waals surface area contributed by atoms with Gasteiger partial charge in [-0.05, 0) is 42.9 Å². The molecule has 1 heterocycles. The number of rotatable bonds is 2. The highest BCUT2D eigenvalue weighted by Gasteiger charge is 2.25. The van der Waals surface area contributed by atoms with Gasteiger partial charge in [0.1, 0.15) is 11.9 Å². The van der Waals surface area contributed by atoms with Crippen LogP contribution in [0.2, 0.25) is 0 Å². The van der Waals surface area contributed by atoms with E-state index < -0.39 is 0 Å². The van der Waals surface area contributed by atoms with E-state index in [4.69, 9.17) is 10.5 Å². The SMILES string of the molecule is CC1Cc2cc(C(N)C3CCCC3)ccc2O1. The van der Waals surface area contributed by atoms with Crippen molar-refractivity contribution in [3.05, 3.63) is 29.3 Å². The molecule has 0 amide bonds. The quantitative estimate of drug-likeness (QED) is 0.848. The van der Waals surface area contributed by atoms with Crippen LogP contribution in [0.4, 0.5) is 0 Å². The third-order valence-corrected chi connectivity index (χ3v) is 4.21. The Hall–Kier alpha value is -1.02. The number of hydrogen-bond acceptors (Lipinski definition) is 2. The van der Waals surface area contributed by atoms with E-state index in [1.807, 2.05) is 0 Å². The summed E-state index contributed by atoms with van der Waals surface area (Å²) in [6.07, 6.45) is 6.65. The van der Waals surface area contributed by atoms with Gasteiger partial charge in [-0.25, -0.2) is 0 Å². The van der Waals surface area contributed by atoms with Gasteiger partial charge in [0.25, 0.3) is 0 Å². The number of fused-ring (bicyclic) bond motifs is 1. The molecular weight excluding hydrogens is 210 g/mol. The minimum atomic E-state index is 0.221. The number of benzene rings is 1. The second-order valence-corrected chi connectivity index (χ2v) is 5.57. The van der Waals surface area contributed by atoms with Crippen molar-refractivity contribution in [3.63, 3.8) is 0 Å². The lowest BCUT2D eigenvalue weighted by Gasteiger charge is -2.19. The molecular formula is C15H21NO. The molecule has 1 fully saturated rings. The summed E-state index contributed by atoms with van der Waals surface area (Å²) in [4.78, 5) is 0. The minimum absolute atomic E-state index is 0.221. The van der Waals surface area contributed by atoms with Crippen molar-refractivity contribution in [1.82, 2.24) is 0 Å². The van der Waals surface area contributed by atoms with Crippen molar-refractivity contribution in [2.75, 3.05) is 0 Å². The number of ether oxygens (including phenoxy) is 1. The molecule has 1 aliphatic heterocycles. The van der Waals surface area contributed by atoms with Gasteiger partial charge in [0.05, 0.1) is 0 Å². The summed E-state index contributed by atoms with van der Waals surface area (Å²) in [6, 6.07) is 6.74. The van der Waals surface area contributed by atoms with Crippen LogP contribution in [0.1, 0.15) is 49.8 Å². The minimum Gasteiger partial charge on any atom is -0.490 e. The summed E-state index contributed by atoms with van der Waals surface area (Å²) in [5.74, 6) is 1.74. The summed E-state index contributed by atoms with van der Waals surface area (Å²) < 4.78 is 5.73. The molecule has 2 aliphatic rings. The molecule has 0 bridgehead atoms.